The van der Waals surface area contributed by atoms with Crippen LogP contribution in [0.4, 0.5) is 0 Å². The topological polar surface area (TPSA) is 50.7 Å². The highest BCUT2D eigenvalue weighted by Crippen LogP contribution is 2.22. The summed E-state index contributed by atoms with van der Waals surface area (Å²) in [5.74, 6) is 0.946. The van der Waals surface area contributed by atoms with Gasteiger partial charge in [-0.05, 0) is 49.4 Å². The van der Waals surface area contributed by atoms with Gasteiger partial charge in [0.2, 0.25) is 0 Å². The van der Waals surface area contributed by atoms with Gasteiger partial charge >= 0.3 is 0 Å². The summed E-state index contributed by atoms with van der Waals surface area (Å²) in [4.78, 5) is 12.1. The van der Waals surface area contributed by atoms with E-state index < -0.39 is 6.10 Å². The standard InChI is InChI=1S/C17H25ClN2O2/c1-10(2)16(11(3)4)19-20-17(21)13(6)22-15-8-7-14(18)9-12(15)5/h7-11,13H,1-6H3,(H,20,21). The minimum atomic E-state index is -0.635. The van der Waals surface area contributed by atoms with E-state index in [9.17, 15) is 4.79 Å². The zero-order valence-electron chi connectivity index (χ0n) is 14.1. The highest BCUT2D eigenvalue weighted by atomic mass is 35.5. The Hall–Kier alpha value is -1.55. The molecule has 0 saturated carbocycles. The van der Waals surface area contributed by atoms with E-state index in [1.807, 2.05) is 6.92 Å². The van der Waals surface area contributed by atoms with Crippen molar-refractivity contribution in [3.05, 3.63) is 28.8 Å². The number of hydrogen-bond acceptors (Lipinski definition) is 3. The summed E-state index contributed by atoms with van der Waals surface area (Å²) in [5.41, 5.74) is 4.45. The second-order valence-electron chi connectivity index (χ2n) is 5.99. The van der Waals surface area contributed by atoms with Gasteiger partial charge < -0.3 is 4.74 Å². The van der Waals surface area contributed by atoms with Crippen molar-refractivity contribution in [2.24, 2.45) is 16.9 Å². The normalized spacial score (nSPS) is 12.2. The van der Waals surface area contributed by atoms with Crippen LogP contribution in [0.3, 0.4) is 0 Å². The number of halogens is 1. The molecule has 0 spiro atoms. The van der Waals surface area contributed by atoms with Crippen molar-refractivity contribution in [1.29, 1.82) is 0 Å². The molecule has 1 atom stereocenters. The number of nitrogens with one attached hydrogen (secondary N) is 1. The van der Waals surface area contributed by atoms with Crippen molar-refractivity contribution in [3.8, 4) is 5.75 Å². The van der Waals surface area contributed by atoms with Gasteiger partial charge in [-0.15, -0.1) is 0 Å². The second kappa shape index (κ2) is 8.18. The molecule has 0 aliphatic rings. The number of amides is 1. The van der Waals surface area contributed by atoms with Crippen LogP contribution in [0, 0.1) is 18.8 Å². The van der Waals surface area contributed by atoms with Crippen LogP contribution in [0.25, 0.3) is 0 Å². The molecule has 0 bridgehead atoms. The molecule has 122 valence electrons. The fourth-order valence-corrected chi connectivity index (χ4v) is 2.35. The van der Waals surface area contributed by atoms with Gasteiger partial charge in [0, 0.05) is 10.7 Å². The number of carbonyl (C=O) groups excluding carboxylic acids is 1. The molecule has 5 heteroatoms. The first kappa shape index (κ1) is 18.5. The lowest BCUT2D eigenvalue weighted by Crippen LogP contribution is -2.35. The Labute approximate surface area is 137 Å². The monoisotopic (exact) mass is 324 g/mol. The van der Waals surface area contributed by atoms with Gasteiger partial charge in [-0.25, -0.2) is 5.43 Å². The average Bonchev–Trinajstić information content (AvgIpc) is 2.40. The van der Waals surface area contributed by atoms with E-state index in [-0.39, 0.29) is 17.7 Å². The summed E-state index contributed by atoms with van der Waals surface area (Å²) < 4.78 is 5.68. The SMILES string of the molecule is Cc1cc(Cl)ccc1OC(C)C(=O)NN=C(C(C)C)C(C)C. The molecular formula is C17H25ClN2O2. The molecule has 1 aromatic rings. The maximum Gasteiger partial charge on any atom is 0.280 e. The van der Waals surface area contributed by atoms with E-state index in [2.05, 4.69) is 38.2 Å². The summed E-state index contributed by atoms with van der Waals surface area (Å²) in [7, 11) is 0. The first-order valence-electron chi connectivity index (χ1n) is 7.52. The summed E-state index contributed by atoms with van der Waals surface area (Å²) in [6, 6.07) is 5.30. The van der Waals surface area contributed by atoms with E-state index in [4.69, 9.17) is 16.3 Å². The molecule has 1 aromatic carbocycles. The van der Waals surface area contributed by atoms with Crippen molar-refractivity contribution >= 4 is 23.2 Å². The lowest BCUT2D eigenvalue weighted by atomic mass is 9.98. The van der Waals surface area contributed by atoms with Crippen molar-refractivity contribution < 1.29 is 9.53 Å². The molecule has 4 nitrogen and oxygen atoms in total. The molecule has 0 saturated heterocycles. The van der Waals surface area contributed by atoms with Crippen molar-refractivity contribution in [2.75, 3.05) is 0 Å². The number of benzene rings is 1. The van der Waals surface area contributed by atoms with Crippen molar-refractivity contribution in [1.82, 2.24) is 5.43 Å². The van der Waals surface area contributed by atoms with Crippen LogP contribution in [0.1, 0.15) is 40.2 Å². The van der Waals surface area contributed by atoms with Gasteiger partial charge in [0.15, 0.2) is 6.10 Å². The van der Waals surface area contributed by atoms with Gasteiger partial charge in [-0.1, -0.05) is 39.3 Å². The third-order valence-corrected chi connectivity index (χ3v) is 3.52. The Morgan fingerprint density at radius 2 is 1.77 bits per heavy atom. The van der Waals surface area contributed by atoms with Gasteiger partial charge in [0.05, 0.1) is 0 Å². The van der Waals surface area contributed by atoms with Gasteiger partial charge in [-0.3, -0.25) is 4.79 Å². The molecule has 1 N–H and O–H groups in total. The van der Waals surface area contributed by atoms with Gasteiger partial charge in [0.1, 0.15) is 5.75 Å². The zero-order valence-corrected chi connectivity index (χ0v) is 14.9. The number of hydrogen-bond donors (Lipinski definition) is 1. The molecule has 1 unspecified atom stereocenters. The van der Waals surface area contributed by atoms with E-state index in [1.54, 1.807) is 25.1 Å². The summed E-state index contributed by atoms with van der Waals surface area (Å²) in [6.07, 6.45) is -0.635. The smallest absolute Gasteiger partial charge is 0.280 e. The highest BCUT2D eigenvalue weighted by Gasteiger charge is 2.17. The van der Waals surface area contributed by atoms with Crippen molar-refractivity contribution in [3.63, 3.8) is 0 Å². The summed E-state index contributed by atoms with van der Waals surface area (Å²) >= 11 is 5.91. The highest BCUT2D eigenvalue weighted by molar-refractivity contribution is 6.30. The lowest BCUT2D eigenvalue weighted by molar-refractivity contribution is -0.127. The third-order valence-electron chi connectivity index (χ3n) is 3.29. The lowest BCUT2D eigenvalue weighted by Gasteiger charge is -2.17. The van der Waals surface area contributed by atoms with E-state index in [0.717, 1.165) is 11.3 Å². The fraction of sp³-hybridized carbons (Fsp3) is 0.529. The van der Waals surface area contributed by atoms with Crippen LogP contribution in [0.5, 0.6) is 5.75 Å². The first-order valence-corrected chi connectivity index (χ1v) is 7.90. The molecular weight excluding hydrogens is 300 g/mol. The Morgan fingerprint density at radius 3 is 2.27 bits per heavy atom. The van der Waals surface area contributed by atoms with Crippen LogP contribution >= 0.6 is 11.6 Å². The average molecular weight is 325 g/mol. The summed E-state index contributed by atoms with van der Waals surface area (Å²) in [5, 5.41) is 4.88. The number of nitrogens with zero attached hydrogens (tertiary/aromatic N) is 1. The molecule has 0 aliphatic carbocycles. The van der Waals surface area contributed by atoms with Crippen LogP contribution in [-0.2, 0) is 4.79 Å². The van der Waals surface area contributed by atoms with Crippen molar-refractivity contribution in [2.45, 2.75) is 47.6 Å². The summed E-state index contributed by atoms with van der Waals surface area (Å²) in [6.45, 7) is 11.8. The molecule has 0 heterocycles. The van der Waals surface area contributed by atoms with E-state index in [1.165, 1.54) is 0 Å². The van der Waals surface area contributed by atoms with Crippen LogP contribution in [-0.4, -0.2) is 17.7 Å². The number of ether oxygens (including phenoxy) is 1. The minimum Gasteiger partial charge on any atom is -0.481 e. The number of rotatable bonds is 6. The second-order valence-corrected chi connectivity index (χ2v) is 6.43. The quantitative estimate of drug-likeness (QED) is 0.629. The van der Waals surface area contributed by atoms with Gasteiger partial charge in [-0.2, -0.15) is 5.10 Å². The molecule has 1 amide bonds. The Morgan fingerprint density at radius 1 is 1.18 bits per heavy atom. The Balaban J connectivity index is 2.71. The molecule has 0 aromatic heterocycles. The largest absolute Gasteiger partial charge is 0.481 e. The molecule has 22 heavy (non-hydrogen) atoms. The fourth-order valence-electron chi connectivity index (χ4n) is 2.12. The number of aryl methyl sites for hydroxylation is 1. The van der Waals surface area contributed by atoms with Crippen LogP contribution < -0.4 is 10.2 Å². The first-order chi connectivity index (χ1) is 10.2. The maximum atomic E-state index is 12.1. The minimum absolute atomic E-state index is 0.270. The molecule has 0 fully saturated rings. The maximum absolute atomic E-state index is 12.1. The van der Waals surface area contributed by atoms with E-state index >= 15 is 0 Å². The zero-order chi connectivity index (χ0) is 16.9. The molecule has 0 radical (unpaired) electrons. The van der Waals surface area contributed by atoms with Crippen LogP contribution in [0.15, 0.2) is 23.3 Å². The Kier molecular flexibility index (Phi) is 6.88. The number of hydrazone groups is 1. The molecule has 1 rings (SSSR count). The predicted molar refractivity (Wildman–Crippen MR) is 91.5 cm³/mol. The third kappa shape index (κ3) is 5.34. The van der Waals surface area contributed by atoms with Gasteiger partial charge in [0.25, 0.3) is 5.91 Å². The van der Waals surface area contributed by atoms with Crippen LogP contribution in [0.2, 0.25) is 5.02 Å². The molecule has 0 aliphatic heterocycles. The predicted octanol–water partition coefficient (Wildman–Crippen LogP) is 4.20. The van der Waals surface area contributed by atoms with E-state index in [0.29, 0.717) is 10.8 Å². The Bertz CT molecular complexity index is 544. The number of carbonyl (C=O) groups is 1.